The molecule has 2 atom stereocenters. The van der Waals surface area contributed by atoms with Crippen LogP contribution < -0.4 is 51.0 Å². The summed E-state index contributed by atoms with van der Waals surface area (Å²) in [6, 6.07) is -2.68. The van der Waals surface area contributed by atoms with Gasteiger partial charge in [0.1, 0.15) is 6.04 Å². The Balaban J connectivity index is -0.00000101. The van der Waals surface area contributed by atoms with Gasteiger partial charge in [0.15, 0.2) is 0 Å². The molecule has 3 amide bonds. The van der Waals surface area contributed by atoms with Gasteiger partial charge in [0.2, 0.25) is 17.7 Å². The Labute approximate surface area is 368 Å². The molecule has 0 aromatic carbocycles. The van der Waals surface area contributed by atoms with Crippen LogP contribution in [0.2, 0.25) is 0 Å². The first-order chi connectivity index (χ1) is 26.9. The molecule has 0 aliphatic rings. The first kappa shape index (κ1) is 59.1. The molecular formula is C44H82N3NaO9. The minimum atomic E-state index is -1.56. The molecule has 0 aliphatic heterocycles. The molecule has 0 saturated carbocycles. The summed E-state index contributed by atoms with van der Waals surface area (Å²) in [5.41, 5.74) is 4.99. The summed E-state index contributed by atoms with van der Waals surface area (Å²) in [5, 5.41) is 32.9. The minimum Gasteiger partial charge on any atom is -0.548 e. The third-order valence-corrected chi connectivity index (χ3v) is 10.1. The van der Waals surface area contributed by atoms with Gasteiger partial charge in [-0.2, -0.15) is 0 Å². The van der Waals surface area contributed by atoms with Crippen molar-refractivity contribution in [3.05, 3.63) is 0 Å². The molecule has 328 valence electrons. The molecule has 0 unspecified atom stereocenters. The zero-order chi connectivity index (χ0) is 42.1. The van der Waals surface area contributed by atoms with Crippen LogP contribution in [0.25, 0.3) is 0 Å². The number of nitrogens with one attached hydrogen (secondary N) is 2. The Bertz CT molecular complexity index is 937. The number of primary amides is 1. The van der Waals surface area contributed by atoms with E-state index in [1.165, 1.54) is 154 Å². The fraction of sp³-hybridized carbons (Fsp3) is 0.864. The van der Waals surface area contributed by atoms with Crippen LogP contribution in [-0.2, 0) is 28.8 Å². The van der Waals surface area contributed by atoms with E-state index >= 15 is 0 Å². The average molecular weight is 820 g/mol. The zero-order valence-corrected chi connectivity index (χ0v) is 38.5. The van der Waals surface area contributed by atoms with Gasteiger partial charge in [0.25, 0.3) is 0 Å². The van der Waals surface area contributed by atoms with Crippen molar-refractivity contribution in [1.29, 1.82) is 0 Å². The topological polar surface area (TPSA) is 216 Å². The Morgan fingerprint density at radius 2 is 0.719 bits per heavy atom. The van der Waals surface area contributed by atoms with E-state index in [0.717, 1.165) is 32.1 Å². The summed E-state index contributed by atoms with van der Waals surface area (Å²) < 4.78 is 0. The molecule has 0 saturated heterocycles. The predicted octanol–water partition coefficient (Wildman–Crippen LogP) is 5.65. The van der Waals surface area contributed by atoms with Crippen molar-refractivity contribution in [3.63, 3.8) is 0 Å². The summed E-state index contributed by atoms with van der Waals surface area (Å²) in [6.45, 7) is 4.50. The fourth-order valence-electron chi connectivity index (χ4n) is 6.62. The molecule has 57 heavy (non-hydrogen) atoms. The van der Waals surface area contributed by atoms with Crippen molar-refractivity contribution in [2.24, 2.45) is 5.73 Å². The van der Waals surface area contributed by atoms with Crippen LogP contribution in [0.5, 0.6) is 0 Å². The number of hydrogen-bond acceptors (Lipinski definition) is 7. The number of carbonyl (C=O) groups excluding carboxylic acids is 4. The summed E-state index contributed by atoms with van der Waals surface area (Å²) in [6.07, 6.45) is 36.9. The standard InChI is InChI=1S/C22H42N2O4.C22H41NO5.Na/c1-2-3-4-5-6-7-8-9-10-11-12-13-14-15-16-17-21(26)24-19(22(27)28)18-20(23)25;1-2-3-4-5-6-7-8-9-10-11-12-13-14-15-16-17-20(24)23-19(22(27)28)18-21(25)26;/h19H,2-18H2,1H3,(H2,23,25)(H,24,26)(H,27,28);19H,2-18H2,1H3,(H,23,24)(H,25,26)(H,27,28);/q;;+1/p-1/t2*19-;/m00./s1. The molecule has 0 bridgehead atoms. The van der Waals surface area contributed by atoms with Crippen molar-refractivity contribution >= 4 is 35.6 Å². The molecule has 0 aromatic heterocycles. The van der Waals surface area contributed by atoms with Gasteiger partial charge in [-0.25, -0.2) is 4.79 Å². The maximum Gasteiger partial charge on any atom is 1.00 e. The van der Waals surface area contributed by atoms with Gasteiger partial charge in [-0.1, -0.05) is 194 Å². The van der Waals surface area contributed by atoms with E-state index < -0.39 is 48.2 Å². The summed E-state index contributed by atoms with van der Waals surface area (Å²) >= 11 is 0. The van der Waals surface area contributed by atoms with Crippen molar-refractivity contribution in [2.45, 2.75) is 244 Å². The average Bonchev–Trinajstić information content (AvgIpc) is 3.14. The number of carbonyl (C=O) groups is 6. The summed E-state index contributed by atoms with van der Waals surface area (Å²) in [5.74, 6) is -5.56. The molecule has 12 nitrogen and oxygen atoms in total. The van der Waals surface area contributed by atoms with E-state index in [9.17, 15) is 33.9 Å². The van der Waals surface area contributed by atoms with Crippen molar-refractivity contribution in [1.82, 2.24) is 10.6 Å². The van der Waals surface area contributed by atoms with Crippen LogP contribution >= 0.6 is 0 Å². The second-order valence-corrected chi connectivity index (χ2v) is 15.6. The molecule has 0 spiro atoms. The van der Waals surface area contributed by atoms with Crippen LogP contribution in [-0.4, -0.2) is 57.9 Å². The van der Waals surface area contributed by atoms with E-state index in [1.54, 1.807) is 0 Å². The van der Waals surface area contributed by atoms with Gasteiger partial charge < -0.3 is 36.5 Å². The first-order valence-corrected chi connectivity index (χ1v) is 22.5. The SMILES string of the molecule is CCCCCCCCCCCCCCCCCC(=O)N[C@@H](CC(=O)O)C(=O)[O-].CCCCCCCCCCCCCCCCCC(=O)N[C@@H](CC(N)=O)C(=O)O.[Na+]. The quantitative estimate of drug-likeness (QED) is 0.0381. The van der Waals surface area contributed by atoms with Crippen LogP contribution in [0.3, 0.4) is 0 Å². The van der Waals surface area contributed by atoms with E-state index in [4.69, 9.17) is 15.9 Å². The Morgan fingerprint density at radius 3 is 0.947 bits per heavy atom. The van der Waals surface area contributed by atoms with Crippen LogP contribution in [0.15, 0.2) is 0 Å². The molecular weight excluding hydrogens is 737 g/mol. The fourth-order valence-corrected chi connectivity index (χ4v) is 6.62. The normalized spacial score (nSPS) is 11.7. The third kappa shape index (κ3) is 46.4. The van der Waals surface area contributed by atoms with E-state index in [2.05, 4.69) is 24.5 Å². The third-order valence-electron chi connectivity index (χ3n) is 10.1. The van der Waals surface area contributed by atoms with E-state index in [0.29, 0.717) is 12.8 Å². The molecule has 0 aromatic rings. The number of amides is 3. The second-order valence-electron chi connectivity index (χ2n) is 15.6. The Morgan fingerprint density at radius 1 is 0.456 bits per heavy atom. The summed E-state index contributed by atoms with van der Waals surface area (Å²) in [4.78, 5) is 66.6. The van der Waals surface area contributed by atoms with Crippen LogP contribution in [0, 0.1) is 0 Å². The van der Waals surface area contributed by atoms with Gasteiger partial charge in [0.05, 0.1) is 24.9 Å². The smallest absolute Gasteiger partial charge is 0.548 e. The number of hydrogen-bond donors (Lipinski definition) is 5. The largest absolute Gasteiger partial charge is 1.00 e. The van der Waals surface area contributed by atoms with Crippen LogP contribution in [0.4, 0.5) is 0 Å². The van der Waals surface area contributed by atoms with Gasteiger partial charge in [0, 0.05) is 12.8 Å². The molecule has 0 rings (SSSR count). The van der Waals surface area contributed by atoms with Gasteiger partial charge in [-0.3, -0.25) is 19.2 Å². The first-order valence-electron chi connectivity index (χ1n) is 22.5. The van der Waals surface area contributed by atoms with Crippen molar-refractivity contribution in [2.75, 3.05) is 0 Å². The Hall–Kier alpha value is -2.18. The maximum absolute atomic E-state index is 11.7. The van der Waals surface area contributed by atoms with Gasteiger partial charge in [-0.05, 0) is 12.8 Å². The Kier molecular flexibility index (Phi) is 46.6. The summed E-state index contributed by atoms with van der Waals surface area (Å²) in [7, 11) is 0. The maximum atomic E-state index is 11.7. The number of unbranched alkanes of at least 4 members (excludes halogenated alkanes) is 28. The monoisotopic (exact) mass is 820 g/mol. The molecule has 13 heteroatoms. The molecule has 6 N–H and O–H groups in total. The van der Waals surface area contributed by atoms with Crippen molar-refractivity contribution < 1.29 is 73.6 Å². The minimum absolute atomic E-state index is 0. The number of aliphatic carboxylic acids is 3. The number of nitrogens with two attached hydrogens (primary N) is 1. The molecule has 0 fully saturated rings. The van der Waals surface area contributed by atoms with E-state index in [-0.39, 0.29) is 48.3 Å². The molecule has 0 radical (unpaired) electrons. The second kappa shape index (κ2) is 44.9. The van der Waals surface area contributed by atoms with E-state index in [1.807, 2.05) is 0 Å². The predicted molar refractivity (Wildman–Crippen MR) is 222 cm³/mol. The molecule has 0 aliphatic carbocycles. The molecule has 0 heterocycles. The van der Waals surface area contributed by atoms with Crippen molar-refractivity contribution in [3.8, 4) is 0 Å². The van der Waals surface area contributed by atoms with Gasteiger partial charge >= 0.3 is 41.5 Å². The number of rotatable bonds is 40. The van der Waals surface area contributed by atoms with Gasteiger partial charge in [-0.15, -0.1) is 0 Å². The van der Waals surface area contributed by atoms with Crippen LogP contribution in [0.1, 0.15) is 232 Å². The number of carboxylic acids is 3. The zero-order valence-electron chi connectivity index (χ0n) is 36.5. The number of carboxylic acid groups (broad SMARTS) is 3.